The summed E-state index contributed by atoms with van der Waals surface area (Å²) in [6.45, 7) is 3.63. The van der Waals surface area contributed by atoms with Gasteiger partial charge in [0.2, 0.25) is 0 Å². The number of nitrogen functional groups attached to an aromatic ring is 1. The van der Waals surface area contributed by atoms with Gasteiger partial charge in [0.15, 0.2) is 5.13 Å². The quantitative estimate of drug-likeness (QED) is 0.338. The van der Waals surface area contributed by atoms with E-state index in [-0.39, 0.29) is 5.92 Å². The zero-order chi connectivity index (χ0) is 10.4. The smallest absolute Gasteiger partial charge is 0.180 e. The highest BCUT2D eigenvalue weighted by atomic mass is 32.1. The van der Waals surface area contributed by atoms with E-state index in [1.165, 1.54) is 11.3 Å². The third kappa shape index (κ3) is 2.85. The molecule has 0 fully saturated rings. The van der Waals surface area contributed by atoms with E-state index in [1.54, 1.807) is 0 Å². The second kappa shape index (κ2) is 5.39. The van der Waals surface area contributed by atoms with E-state index in [0.29, 0.717) is 5.13 Å². The number of nitrogens with two attached hydrogens (primary N) is 1. The van der Waals surface area contributed by atoms with Crippen molar-refractivity contribution in [2.45, 2.75) is 18.8 Å². The van der Waals surface area contributed by atoms with Crippen LogP contribution in [0.4, 0.5) is 5.13 Å². The fraction of sp³-hybridized carbons (Fsp3) is 0.333. The molecule has 1 aromatic heterocycles. The number of nitrogens with zero attached hydrogens (tertiary/aromatic N) is 2. The first-order valence-electron chi connectivity index (χ1n) is 4.19. The summed E-state index contributed by atoms with van der Waals surface area (Å²) in [7, 11) is 0. The molecule has 0 aliphatic carbocycles. The molecular formula is C9H12N3OS. The SMILES string of the molecule is C=CCCC(/[C]=N\O)c1csc(N)n1. The van der Waals surface area contributed by atoms with Crippen molar-refractivity contribution in [1.82, 2.24) is 4.98 Å². The molecule has 75 valence electrons. The van der Waals surface area contributed by atoms with Crippen LogP contribution < -0.4 is 5.73 Å². The average molecular weight is 210 g/mol. The third-order valence-electron chi connectivity index (χ3n) is 1.77. The molecule has 0 saturated carbocycles. The second-order valence-corrected chi connectivity index (χ2v) is 3.65. The number of hydrogen-bond donors (Lipinski definition) is 2. The van der Waals surface area contributed by atoms with Crippen LogP contribution in [0.25, 0.3) is 0 Å². The van der Waals surface area contributed by atoms with Crippen molar-refractivity contribution in [3.05, 3.63) is 23.7 Å². The first-order chi connectivity index (χ1) is 6.77. The fourth-order valence-electron chi connectivity index (χ4n) is 1.09. The number of hydrogen-bond acceptors (Lipinski definition) is 5. The van der Waals surface area contributed by atoms with E-state index in [2.05, 4.69) is 22.9 Å². The molecule has 0 amide bonds. The molecule has 1 aromatic rings. The van der Waals surface area contributed by atoms with Gasteiger partial charge >= 0.3 is 0 Å². The summed E-state index contributed by atoms with van der Waals surface area (Å²) in [5, 5.41) is 13.7. The number of anilines is 1. The molecule has 4 nitrogen and oxygen atoms in total. The molecular weight excluding hydrogens is 198 g/mol. The van der Waals surface area contributed by atoms with Crippen molar-refractivity contribution < 1.29 is 5.21 Å². The second-order valence-electron chi connectivity index (χ2n) is 2.76. The maximum atomic E-state index is 8.44. The van der Waals surface area contributed by atoms with Crippen molar-refractivity contribution in [2.24, 2.45) is 5.16 Å². The largest absolute Gasteiger partial charge is 0.411 e. The Morgan fingerprint density at radius 1 is 1.86 bits per heavy atom. The Balaban J connectivity index is 2.71. The van der Waals surface area contributed by atoms with Gasteiger partial charge in [-0.25, -0.2) is 4.98 Å². The molecule has 0 aliphatic heterocycles. The van der Waals surface area contributed by atoms with Gasteiger partial charge in [-0.1, -0.05) is 11.2 Å². The number of aromatic nitrogens is 1. The van der Waals surface area contributed by atoms with Gasteiger partial charge in [0.25, 0.3) is 0 Å². The van der Waals surface area contributed by atoms with Crippen LogP contribution in [-0.4, -0.2) is 16.4 Å². The van der Waals surface area contributed by atoms with Crippen molar-refractivity contribution >= 4 is 22.7 Å². The van der Waals surface area contributed by atoms with E-state index >= 15 is 0 Å². The van der Waals surface area contributed by atoms with Gasteiger partial charge in [0, 0.05) is 5.38 Å². The van der Waals surface area contributed by atoms with Crippen LogP contribution >= 0.6 is 11.3 Å². The van der Waals surface area contributed by atoms with Crippen LogP contribution in [0.5, 0.6) is 0 Å². The summed E-state index contributed by atoms with van der Waals surface area (Å²) in [4.78, 5) is 4.11. The summed E-state index contributed by atoms with van der Waals surface area (Å²) in [5.74, 6) is -0.105. The Morgan fingerprint density at radius 3 is 3.14 bits per heavy atom. The first kappa shape index (κ1) is 10.7. The van der Waals surface area contributed by atoms with Crippen LogP contribution in [0.15, 0.2) is 23.2 Å². The lowest BCUT2D eigenvalue weighted by Crippen LogP contribution is -2.01. The molecule has 0 spiro atoms. The van der Waals surface area contributed by atoms with Gasteiger partial charge in [-0.3, -0.25) is 0 Å². The highest BCUT2D eigenvalue weighted by molar-refractivity contribution is 7.13. The van der Waals surface area contributed by atoms with E-state index in [9.17, 15) is 0 Å². The molecule has 1 heterocycles. The molecule has 1 atom stereocenters. The minimum absolute atomic E-state index is 0.105. The summed E-state index contributed by atoms with van der Waals surface area (Å²) in [5.41, 5.74) is 6.31. The average Bonchev–Trinajstić information content (AvgIpc) is 2.59. The minimum Gasteiger partial charge on any atom is -0.411 e. The third-order valence-corrected chi connectivity index (χ3v) is 2.46. The Bertz CT molecular complexity index is 322. The van der Waals surface area contributed by atoms with Gasteiger partial charge in [0.1, 0.15) is 6.21 Å². The standard InChI is InChI=1S/C9H12N3OS/c1-2-3-4-7(5-11-13)8-6-14-9(10)12-8/h2,6-7,13H,1,3-4H2,(H2,10,12). The summed E-state index contributed by atoms with van der Waals surface area (Å²) >= 11 is 1.37. The molecule has 14 heavy (non-hydrogen) atoms. The van der Waals surface area contributed by atoms with E-state index < -0.39 is 0 Å². The zero-order valence-electron chi connectivity index (χ0n) is 7.68. The van der Waals surface area contributed by atoms with E-state index in [1.807, 2.05) is 11.5 Å². The molecule has 0 aliphatic rings. The van der Waals surface area contributed by atoms with Gasteiger partial charge < -0.3 is 10.9 Å². The Hall–Kier alpha value is -1.36. The van der Waals surface area contributed by atoms with Crippen LogP contribution in [0, 0.1) is 0 Å². The maximum Gasteiger partial charge on any atom is 0.180 e. The normalized spacial score (nSPS) is 13.1. The van der Waals surface area contributed by atoms with Gasteiger partial charge in [0.05, 0.1) is 11.6 Å². The lowest BCUT2D eigenvalue weighted by molar-refractivity contribution is 0.319. The molecule has 1 rings (SSSR count). The number of allylic oxidation sites excluding steroid dienone is 1. The topological polar surface area (TPSA) is 71.5 Å². The summed E-state index contributed by atoms with van der Waals surface area (Å²) < 4.78 is 0. The highest BCUT2D eigenvalue weighted by Crippen LogP contribution is 2.22. The summed E-state index contributed by atoms with van der Waals surface area (Å²) in [6, 6.07) is 0. The number of rotatable bonds is 5. The molecule has 0 aromatic carbocycles. The van der Waals surface area contributed by atoms with Crippen molar-refractivity contribution in [2.75, 3.05) is 5.73 Å². The molecule has 5 heteroatoms. The fourth-order valence-corrected chi connectivity index (χ4v) is 1.71. The van der Waals surface area contributed by atoms with Gasteiger partial charge in [-0.15, -0.1) is 17.9 Å². The Morgan fingerprint density at radius 2 is 2.64 bits per heavy atom. The Labute approximate surface area is 86.8 Å². The minimum atomic E-state index is -0.105. The predicted molar refractivity (Wildman–Crippen MR) is 57.9 cm³/mol. The highest BCUT2D eigenvalue weighted by Gasteiger charge is 2.12. The van der Waals surface area contributed by atoms with Crippen LogP contribution in [0.3, 0.4) is 0 Å². The molecule has 3 N–H and O–H groups in total. The predicted octanol–water partition coefficient (Wildman–Crippen LogP) is 2.11. The molecule has 1 radical (unpaired) electrons. The number of thiazole rings is 1. The lowest BCUT2D eigenvalue weighted by atomic mass is 10.0. The first-order valence-corrected chi connectivity index (χ1v) is 5.07. The summed E-state index contributed by atoms with van der Waals surface area (Å²) in [6.07, 6.45) is 5.97. The molecule has 1 unspecified atom stereocenters. The monoisotopic (exact) mass is 210 g/mol. The Kier molecular flexibility index (Phi) is 4.12. The van der Waals surface area contributed by atoms with Crippen LogP contribution in [0.2, 0.25) is 0 Å². The van der Waals surface area contributed by atoms with Crippen LogP contribution in [-0.2, 0) is 0 Å². The van der Waals surface area contributed by atoms with Gasteiger partial charge in [-0.05, 0) is 12.8 Å². The van der Waals surface area contributed by atoms with Crippen molar-refractivity contribution in [1.29, 1.82) is 0 Å². The lowest BCUT2D eigenvalue weighted by Gasteiger charge is -2.04. The van der Waals surface area contributed by atoms with Gasteiger partial charge in [-0.2, -0.15) is 0 Å². The zero-order valence-corrected chi connectivity index (χ0v) is 8.50. The van der Waals surface area contributed by atoms with Crippen molar-refractivity contribution in [3.63, 3.8) is 0 Å². The van der Waals surface area contributed by atoms with Crippen molar-refractivity contribution in [3.8, 4) is 0 Å². The van der Waals surface area contributed by atoms with E-state index in [4.69, 9.17) is 10.9 Å². The molecule has 0 saturated heterocycles. The van der Waals surface area contributed by atoms with E-state index in [0.717, 1.165) is 18.5 Å². The van der Waals surface area contributed by atoms with Crippen LogP contribution in [0.1, 0.15) is 24.5 Å². The molecule has 0 bridgehead atoms. The maximum absolute atomic E-state index is 8.44.